The number of anilines is 2. The molecule has 4 nitrogen and oxygen atoms in total. The fourth-order valence-electron chi connectivity index (χ4n) is 2.74. The summed E-state index contributed by atoms with van der Waals surface area (Å²) in [6.45, 7) is 9.74. The Kier molecular flexibility index (Phi) is 5.00. The second-order valence-corrected chi connectivity index (χ2v) is 5.52. The molecular formula is C15H26N4. The van der Waals surface area contributed by atoms with Gasteiger partial charge >= 0.3 is 0 Å². The van der Waals surface area contributed by atoms with Gasteiger partial charge in [-0.15, -0.1) is 0 Å². The van der Waals surface area contributed by atoms with Gasteiger partial charge in [-0.2, -0.15) is 4.98 Å². The summed E-state index contributed by atoms with van der Waals surface area (Å²) < 4.78 is 0. The van der Waals surface area contributed by atoms with E-state index < -0.39 is 0 Å². The fraction of sp³-hybridized carbons (Fsp3) is 0.733. The third-order valence-electron chi connectivity index (χ3n) is 3.76. The van der Waals surface area contributed by atoms with Crippen molar-refractivity contribution < 1.29 is 0 Å². The lowest BCUT2D eigenvalue weighted by Gasteiger charge is -2.20. The van der Waals surface area contributed by atoms with Gasteiger partial charge in [0.25, 0.3) is 0 Å². The van der Waals surface area contributed by atoms with Gasteiger partial charge in [0.05, 0.1) is 0 Å². The lowest BCUT2D eigenvalue weighted by molar-refractivity contribution is 0.529. The van der Waals surface area contributed by atoms with Crippen LogP contribution < -0.4 is 10.2 Å². The highest BCUT2D eigenvalue weighted by Gasteiger charge is 2.24. The molecule has 0 amide bonds. The Balaban J connectivity index is 2.06. The third kappa shape index (κ3) is 3.58. The van der Waals surface area contributed by atoms with Crippen molar-refractivity contribution in [3.63, 3.8) is 0 Å². The first-order valence-electron chi connectivity index (χ1n) is 7.57. The Morgan fingerprint density at radius 2 is 2.21 bits per heavy atom. The molecule has 4 heteroatoms. The monoisotopic (exact) mass is 262 g/mol. The van der Waals surface area contributed by atoms with Gasteiger partial charge in [0.1, 0.15) is 5.82 Å². The van der Waals surface area contributed by atoms with Gasteiger partial charge in [-0.05, 0) is 32.1 Å². The van der Waals surface area contributed by atoms with E-state index in [1.54, 1.807) is 0 Å². The van der Waals surface area contributed by atoms with Crippen molar-refractivity contribution in [2.24, 2.45) is 5.92 Å². The van der Waals surface area contributed by atoms with Crippen LogP contribution in [0.3, 0.4) is 0 Å². The van der Waals surface area contributed by atoms with Crippen molar-refractivity contribution in [2.75, 3.05) is 29.9 Å². The van der Waals surface area contributed by atoms with Gasteiger partial charge in [-0.25, -0.2) is 4.98 Å². The second kappa shape index (κ2) is 6.73. The Morgan fingerprint density at radius 1 is 1.37 bits per heavy atom. The first-order chi connectivity index (χ1) is 9.24. The summed E-state index contributed by atoms with van der Waals surface area (Å²) >= 11 is 0. The maximum Gasteiger partial charge on any atom is 0.224 e. The zero-order chi connectivity index (χ0) is 13.7. The van der Waals surface area contributed by atoms with Gasteiger partial charge in [-0.1, -0.05) is 20.3 Å². The normalized spacial score (nSPS) is 18.9. The molecule has 1 atom stereocenters. The van der Waals surface area contributed by atoms with Crippen LogP contribution in [0, 0.1) is 12.8 Å². The predicted molar refractivity (Wildman–Crippen MR) is 80.8 cm³/mol. The van der Waals surface area contributed by atoms with Gasteiger partial charge < -0.3 is 10.2 Å². The molecule has 0 spiro atoms. The van der Waals surface area contributed by atoms with Crippen LogP contribution in [0.5, 0.6) is 0 Å². The van der Waals surface area contributed by atoms with Gasteiger partial charge in [-0.3, -0.25) is 0 Å². The molecule has 0 radical (unpaired) electrons. The van der Waals surface area contributed by atoms with E-state index in [0.717, 1.165) is 43.7 Å². The largest absolute Gasteiger partial charge is 0.356 e. The van der Waals surface area contributed by atoms with Crippen molar-refractivity contribution >= 4 is 11.8 Å². The summed E-state index contributed by atoms with van der Waals surface area (Å²) in [6.07, 6.45) is 6.95. The number of aryl methyl sites for hydroxylation is 1. The molecule has 1 saturated heterocycles. The summed E-state index contributed by atoms with van der Waals surface area (Å²) in [6, 6.07) is 0. The van der Waals surface area contributed by atoms with Crippen molar-refractivity contribution in [1.82, 2.24) is 9.97 Å². The smallest absolute Gasteiger partial charge is 0.224 e. The standard InChI is InChI=1S/C15H26N4/c1-4-6-13-7-9-19(11-13)14-12(3)10-17-15(18-14)16-8-5-2/h10,13H,4-9,11H2,1-3H3,(H,16,17,18). The quantitative estimate of drug-likeness (QED) is 0.854. The Bertz CT molecular complexity index is 405. The lowest BCUT2D eigenvalue weighted by atomic mass is 10.0. The molecule has 1 unspecified atom stereocenters. The van der Waals surface area contributed by atoms with Crippen LogP contribution >= 0.6 is 0 Å². The van der Waals surface area contributed by atoms with Crippen LogP contribution in [0.4, 0.5) is 11.8 Å². The molecule has 0 saturated carbocycles. The highest BCUT2D eigenvalue weighted by Crippen LogP contribution is 2.27. The SMILES string of the molecule is CCCNc1ncc(C)c(N2CCC(CCC)C2)n1. The minimum Gasteiger partial charge on any atom is -0.356 e. The third-order valence-corrected chi connectivity index (χ3v) is 3.76. The minimum absolute atomic E-state index is 0.765. The molecule has 1 aliphatic heterocycles. The number of nitrogens with one attached hydrogen (secondary N) is 1. The fourth-order valence-corrected chi connectivity index (χ4v) is 2.74. The predicted octanol–water partition coefficient (Wildman–Crippen LogP) is 3.23. The van der Waals surface area contributed by atoms with Crippen LogP contribution in [0.15, 0.2) is 6.20 Å². The molecule has 0 aromatic carbocycles. The van der Waals surface area contributed by atoms with Gasteiger partial charge in [0, 0.05) is 31.4 Å². The summed E-state index contributed by atoms with van der Waals surface area (Å²) in [7, 11) is 0. The number of rotatable bonds is 6. The average molecular weight is 262 g/mol. The van der Waals surface area contributed by atoms with E-state index in [-0.39, 0.29) is 0 Å². The summed E-state index contributed by atoms with van der Waals surface area (Å²) in [4.78, 5) is 11.5. The summed E-state index contributed by atoms with van der Waals surface area (Å²) in [5.74, 6) is 2.72. The minimum atomic E-state index is 0.765. The van der Waals surface area contributed by atoms with Crippen molar-refractivity contribution in [1.29, 1.82) is 0 Å². The molecule has 1 N–H and O–H groups in total. The number of hydrogen-bond acceptors (Lipinski definition) is 4. The maximum absolute atomic E-state index is 4.69. The van der Waals surface area contributed by atoms with Gasteiger partial charge in [0.2, 0.25) is 5.95 Å². The zero-order valence-electron chi connectivity index (χ0n) is 12.4. The van der Waals surface area contributed by atoms with Gasteiger partial charge in [0.15, 0.2) is 0 Å². The van der Waals surface area contributed by atoms with Crippen LogP contribution in [-0.4, -0.2) is 29.6 Å². The van der Waals surface area contributed by atoms with Crippen molar-refractivity contribution in [3.8, 4) is 0 Å². The molecule has 1 aromatic heterocycles. The highest BCUT2D eigenvalue weighted by molar-refractivity contribution is 5.49. The zero-order valence-corrected chi connectivity index (χ0v) is 12.4. The molecule has 2 rings (SSSR count). The molecule has 1 fully saturated rings. The van der Waals surface area contributed by atoms with E-state index in [9.17, 15) is 0 Å². The Labute approximate surface area is 116 Å². The summed E-state index contributed by atoms with van der Waals surface area (Å²) in [5.41, 5.74) is 1.18. The van der Waals surface area contributed by atoms with Crippen LogP contribution in [0.2, 0.25) is 0 Å². The van der Waals surface area contributed by atoms with Crippen LogP contribution in [0.25, 0.3) is 0 Å². The van der Waals surface area contributed by atoms with Crippen LogP contribution in [0.1, 0.15) is 45.1 Å². The number of aromatic nitrogens is 2. The van der Waals surface area contributed by atoms with Crippen molar-refractivity contribution in [2.45, 2.75) is 46.5 Å². The Morgan fingerprint density at radius 3 is 2.95 bits per heavy atom. The number of nitrogens with zero attached hydrogens (tertiary/aromatic N) is 3. The number of hydrogen-bond donors (Lipinski definition) is 1. The summed E-state index contributed by atoms with van der Waals surface area (Å²) in [5, 5.41) is 3.27. The molecule has 1 aromatic rings. The first kappa shape index (κ1) is 14.1. The lowest BCUT2D eigenvalue weighted by Crippen LogP contribution is -2.22. The van der Waals surface area contributed by atoms with E-state index >= 15 is 0 Å². The average Bonchev–Trinajstić information content (AvgIpc) is 2.87. The van der Waals surface area contributed by atoms with E-state index in [1.165, 1.54) is 24.8 Å². The highest BCUT2D eigenvalue weighted by atomic mass is 15.2. The van der Waals surface area contributed by atoms with E-state index in [0.29, 0.717) is 0 Å². The molecular weight excluding hydrogens is 236 g/mol. The van der Waals surface area contributed by atoms with E-state index in [2.05, 4.69) is 36.0 Å². The molecule has 19 heavy (non-hydrogen) atoms. The van der Waals surface area contributed by atoms with Crippen molar-refractivity contribution in [3.05, 3.63) is 11.8 Å². The maximum atomic E-state index is 4.69. The molecule has 0 aliphatic carbocycles. The van der Waals surface area contributed by atoms with E-state index in [1.807, 2.05) is 6.20 Å². The molecule has 0 bridgehead atoms. The van der Waals surface area contributed by atoms with Crippen LogP contribution in [-0.2, 0) is 0 Å². The molecule has 2 heterocycles. The van der Waals surface area contributed by atoms with E-state index in [4.69, 9.17) is 4.98 Å². The Hall–Kier alpha value is -1.32. The molecule has 106 valence electrons. The molecule has 1 aliphatic rings. The topological polar surface area (TPSA) is 41.1 Å². The second-order valence-electron chi connectivity index (χ2n) is 5.52. The first-order valence-corrected chi connectivity index (χ1v) is 7.57.